The van der Waals surface area contributed by atoms with Crippen molar-refractivity contribution in [1.82, 2.24) is 4.68 Å². The summed E-state index contributed by atoms with van der Waals surface area (Å²) in [5, 5.41) is 35.7. The van der Waals surface area contributed by atoms with Gasteiger partial charge in [-0.3, -0.25) is 4.99 Å². The number of rotatable bonds is 4. The lowest BCUT2D eigenvalue weighted by molar-refractivity contribution is 0.367. The lowest BCUT2D eigenvalue weighted by Crippen LogP contribution is -2.16. The van der Waals surface area contributed by atoms with Gasteiger partial charge in [0, 0.05) is 16.9 Å². The third-order valence-corrected chi connectivity index (χ3v) is 5.65. The molecule has 3 N–H and O–H groups in total. The molecule has 6 nitrogen and oxygen atoms in total. The molecule has 0 amide bonds. The number of hydrogen-bond acceptors (Lipinski definition) is 6. The average Bonchev–Trinajstić information content (AvgIpc) is 3.18. The van der Waals surface area contributed by atoms with Crippen molar-refractivity contribution in [2.24, 2.45) is 10.1 Å². The Labute approximate surface area is 165 Å². The second-order valence-corrected chi connectivity index (χ2v) is 7.55. The van der Waals surface area contributed by atoms with Crippen LogP contribution in [0.25, 0.3) is 0 Å². The first-order chi connectivity index (χ1) is 12.1. The molecule has 4 rings (SSSR count). The molecule has 2 saturated carbocycles. The van der Waals surface area contributed by atoms with E-state index in [0.29, 0.717) is 17.5 Å². The van der Waals surface area contributed by atoms with Crippen LogP contribution >= 0.6 is 28.3 Å². The van der Waals surface area contributed by atoms with E-state index in [4.69, 9.17) is 4.99 Å². The minimum Gasteiger partial charge on any atom is -0.504 e. The van der Waals surface area contributed by atoms with Crippen molar-refractivity contribution >= 4 is 34.5 Å². The Kier molecular flexibility index (Phi) is 5.72. The lowest BCUT2D eigenvalue weighted by atomic mass is 10.2. The predicted molar refractivity (Wildman–Crippen MR) is 107 cm³/mol. The smallest absolute Gasteiger partial charge is 0.206 e. The van der Waals surface area contributed by atoms with E-state index in [-0.39, 0.29) is 28.5 Å². The Morgan fingerprint density at radius 3 is 2.46 bits per heavy atom. The molecule has 2 fully saturated rings. The molecule has 0 radical (unpaired) electrons. The summed E-state index contributed by atoms with van der Waals surface area (Å²) < 4.78 is 1.87. The molecule has 0 spiro atoms. The molecule has 1 heterocycles. The van der Waals surface area contributed by atoms with Crippen molar-refractivity contribution in [2.45, 2.75) is 50.5 Å². The lowest BCUT2D eigenvalue weighted by Gasteiger charge is -2.05. The van der Waals surface area contributed by atoms with Crippen molar-refractivity contribution < 1.29 is 15.3 Å². The highest BCUT2D eigenvalue weighted by Gasteiger charge is 2.28. The van der Waals surface area contributed by atoms with Crippen LogP contribution in [0.15, 0.2) is 27.6 Å². The molecule has 0 atom stereocenters. The summed E-state index contributed by atoms with van der Waals surface area (Å²) >= 11 is 1.61. The zero-order chi connectivity index (χ0) is 17.4. The van der Waals surface area contributed by atoms with E-state index in [9.17, 15) is 15.3 Å². The van der Waals surface area contributed by atoms with E-state index in [1.165, 1.54) is 44.0 Å². The minimum absolute atomic E-state index is 0. The number of aromatic hydroxyl groups is 3. The molecule has 2 aliphatic carbocycles. The molecule has 0 aliphatic heterocycles. The summed E-state index contributed by atoms with van der Waals surface area (Å²) in [6, 6.07) is 3.23. The summed E-state index contributed by atoms with van der Waals surface area (Å²) in [6.45, 7) is 0. The first-order valence-electron chi connectivity index (χ1n) is 8.66. The van der Waals surface area contributed by atoms with E-state index in [1.54, 1.807) is 11.3 Å². The number of hydrogen-bond donors (Lipinski definition) is 3. The fraction of sp³-hybridized carbons (Fsp3) is 0.444. The Hall–Kier alpha value is -1.80. The van der Waals surface area contributed by atoms with Crippen molar-refractivity contribution in [2.75, 3.05) is 0 Å². The zero-order valence-corrected chi connectivity index (χ0v) is 16.7. The number of nitrogens with zero attached hydrogens (tertiary/aromatic N) is 3. The highest BCUT2D eigenvalue weighted by atomic mass is 79.9. The van der Waals surface area contributed by atoms with Gasteiger partial charge in [0.15, 0.2) is 11.5 Å². The van der Waals surface area contributed by atoms with Crippen LogP contribution in [-0.4, -0.2) is 32.3 Å². The van der Waals surface area contributed by atoms with Gasteiger partial charge in [-0.05, 0) is 37.8 Å². The highest BCUT2D eigenvalue weighted by molar-refractivity contribution is 8.93. The largest absolute Gasteiger partial charge is 0.504 e. The second-order valence-electron chi connectivity index (χ2n) is 6.71. The fourth-order valence-corrected chi connectivity index (χ4v) is 4.15. The first kappa shape index (κ1) is 19.0. The topological polar surface area (TPSA) is 90.3 Å². The Morgan fingerprint density at radius 1 is 1.04 bits per heavy atom. The van der Waals surface area contributed by atoms with E-state index in [2.05, 4.69) is 10.5 Å². The Morgan fingerprint density at radius 2 is 1.77 bits per heavy atom. The highest BCUT2D eigenvalue weighted by Crippen LogP contribution is 2.40. The normalized spacial score (nSPS) is 18.5. The Balaban J connectivity index is 0.00000196. The first-order valence-corrected chi connectivity index (χ1v) is 9.54. The van der Waals surface area contributed by atoms with Crippen LogP contribution in [0.2, 0.25) is 0 Å². The molecule has 1 aromatic carbocycles. The molecule has 0 saturated heterocycles. The number of phenols is 3. The molecule has 0 bridgehead atoms. The van der Waals surface area contributed by atoms with Crippen LogP contribution in [-0.2, 0) is 0 Å². The molecular weight excluding hydrogens is 418 g/mol. The van der Waals surface area contributed by atoms with Crippen LogP contribution in [0.4, 0.5) is 0 Å². The predicted octanol–water partition coefficient (Wildman–Crippen LogP) is 3.85. The van der Waals surface area contributed by atoms with E-state index in [1.807, 2.05) is 4.68 Å². The third kappa shape index (κ3) is 3.81. The summed E-state index contributed by atoms with van der Waals surface area (Å²) in [5.74, 6) is -0.726. The molecule has 0 unspecified atom stereocenters. The van der Waals surface area contributed by atoms with Crippen LogP contribution in [0.5, 0.6) is 17.2 Å². The summed E-state index contributed by atoms with van der Waals surface area (Å²) in [7, 11) is 0. The van der Waals surface area contributed by atoms with E-state index < -0.39 is 5.75 Å². The van der Waals surface area contributed by atoms with Gasteiger partial charge < -0.3 is 15.3 Å². The van der Waals surface area contributed by atoms with Crippen molar-refractivity contribution in [3.05, 3.63) is 33.6 Å². The van der Waals surface area contributed by atoms with E-state index >= 15 is 0 Å². The second kappa shape index (κ2) is 7.84. The van der Waals surface area contributed by atoms with Crippen LogP contribution in [0.1, 0.15) is 55.7 Å². The van der Waals surface area contributed by atoms with Gasteiger partial charge in [-0.15, -0.1) is 28.3 Å². The van der Waals surface area contributed by atoms with Gasteiger partial charge in [-0.1, -0.05) is 12.8 Å². The molecule has 1 aromatic heterocycles. The standard InChI is InChI=1S/C18H21N3O3S.BrH/c22-15-8-7-12(16(23)17(15)24)9-19-21-14(11-5-6-11)10-25-18(21)20-13-3-1-2-4-13;/h7-11,13,22-24H,1-6H2;1H/b19-9+,20-18?;. The molecule has 2 aromatic rings. The maximum Gasteiger partial charge on any atom is 0.206 e. The fourth-order valence-electron chi connectivity index (χ4n) is 3.17. The van der Waals surface area contributed by atoms with Gasteiger partial charge in [0.1, 0.15) is 0 Å². The molecule has 2 aliphatic rings. The minimum atomic E-state index is -0.530. The Bertz CT molecular complexity index is 880. The number of thiazole rings is 1. The molecule has 8 heteroatoms. The quantitative estimate of drug-likeness (QED) is 0.498. The average molecular weight is 440 g/mol. The van der Waals surface area contributed by atoms with Crippen molar-refractivity contribution in [3.8, 4) is 17.2 Å². The van der Waals surface area contributed by atoms with Crippen molar-refractivity contribution in [3.63, 3.8) is 0 Å². The van der Waals surface area contributed by atoms with Crippen molar-refractivity contribution in [1.29, 1.82) is 0 Å². The van der Waals surface area contributed by atoms with Gasteiger partial charge >= 0.3 is 0 Å². The van der Waals surface area contributed by atoms with Crippen LogP contribution in [0.3, 0.4) is 0 Å². The number of benzene rings is 1. The number of aromatic nitrogens is 1. The SMILES string of the molecule is Br.Oc1ccc(/C=N/n2c(C3CC3)csc2=NC2CCCC2)c(O)c1O. The molecular formula is C18H22BrN3O3S. The number of phenolic OH excluding ortho intramolecular Hbond substituents is 3. The maximum atomic E-state index is 9.97. The van der Waals surface area contributed by atoms with Gasteiger partial charge in [-0.2, -0.15) is 5.10 Å². The van der Waals surface area contributed by atoms with Gasteiger partial charge in [0.2, 0.25) is 10.6 Å². The molecule has 140 valence electrons. The van der Waals surface area contributed by atoms with Gasteiger partial charge in [0.05, 0.1) is 18.0 Å². The van der Waals surface area contributed by atoms with Gasteiger partial charge in [0.25, 0.3) is 0 Å². The third-order valence-electron chi connectivity index (χ3n) is 4.80. The summed E-state index contributed by atoms with van der Waals surface area (Å²) in [6.07, 6.45) is 8.57. The maximum absolute atomic E-state index is 9.97. The van der Waals surface area contributed by atoms with Crippen LogP contribution in [0, 0.1) is 0 Å². The number of halogens is 1. The summed E-state index contributed by atoms with van der Waals surface area (Å²) in [5.41, 5.74) is 1.50. The summed E-state index contributed by atoms with van der Waals surface area (Å²) in [4.78, 5) is 5.75. The van der Waals surface area contributed by atoms with Crippen LogP contribution < -0.4 is 4.80 Å². The molecule has 26 heavy (non-hydrogen) atoms. The monoisotopic (exact) mass is 439 g/mol. The van der Waals surface area contributed by atoms with E-state index in [0.717, 1.165) is 23.3 Å². The zero-order valence-electron chi connectivity index (χ0n) is 14.2. The van der Waals surface area contributed by atoms with Gasteiger partial charge in [-0.25, -0.2) is 4.68 Å².